The van der Waals surface area contributed by atoms with E-state index in [2.05, 4.69) is 18.9 Å². The fourth-order valence-electron chi connectivity index (χ4n) is 3.28. The Morgan fingerprint density at radius 3 is 2.82 bits per heavy atom. The number of hydrogen-bond donors (Lipinski definition) is 2. The molecule has 22 heavy (non-hydrogen) atoms. The number of benzene rings is 1. The van der Waals surface area contributed by atoms with Crippen LogP contribution >= 0.6 is 12.8 Å². The first-order valence-electron chi connectivity index (χ1n) is 7.91. The Morgan fingerprint density at radius 2 is 2.14 bits per heavy atom. The summed E-state index contributed by atoms with van der Waals surface area (Å²) in [7, 11) is 0. The average molecular weight is 317 g/mol. The quantitative estimate of drug-likeness (QED) is 0.820. The number of rotatable bonds is 5. The third-order valence-corrected chi connectivity index (χ3v) is 4.78. The molecule has 0 spiro atoms. The summed E-state index contributed by atoms with van der Waals surface area (Å²) < 4.78 is 1.88. The molecule has 0 aromatic heterocycles. The summed E-state index contributed by atoms with van der Waals surface area (Å²) in [5.41, 5.74) is 8.63. The van der Waals surface area contributed by atoms with E-state index in [0.717, 1.165) is 43.6 Å². The van der Waals surface area contributed by atoms with Crippen LogP contribution < -0.4 is 5.73 Å². The Balaban J connectivity index is 1.66. The Kier molecular flexibility index (Phi) is 4.86. The van der Waals surface area contributed by atoms with Gasteiger partial charge < -0.3 is 10.6 Å². The zero-order valence-corrected chi connectivity index (χ0v) is 13.6. The molecule has 2 bridgehead atoms. The molecule has 1 atom stereocenters. The monoisotopic (exact) mass is 317 g/mol. The largest absolute Gasteiger partial charge is 0.329 e. The topological polar surface area (TPSA) is 49.6 Å². The Bertz CT molecular complexity index is 570. The highest BCUT2D eigenvalue weighted by atomic mass is 32.1. The van der Waals surface area contributed by atoms with Gasteiger partial charge in [-0.25, -0.2) is 4.31 Å². The number of likely N-dealkylation sites (tertiary alicyclic amines) is 1. The lowest BCUT2D eigenvalue weighted by Gasteiger charge is -2.18. The molecule has 118 valence electrons. The Morgan fingerprint density at radius 1 is 1.36 bits per heavy atom. The van der Waals surface area contributed by atoms with Gasteiger partial charge >= 0.3 is 0 Å². The van der Waals surface area contributed by atoms with Crippen molar-refractivity contribution < 1.29 is 4.79 Å². The summed E-state index contributed by atoms with van der Waals surface area (Å²) in [5.74, 6) is 0.795. The number of carbonyl (C=O) groups is 1. The predicted octanol–water partition coefficient (Wildman–Crippen LogP) is 2.43. The van der Waals surface area contributed by atoms with Crippen LogP contribution in [-0.2, 0) is 6.54 Å². The van der Waals surface area contributed by atoms with Crippen LogP contribution in [0.2, 0.25) is 0 Å². The van der Waals surface area contributed by atoms with Gasteiger partial charge in [-0.05, 0) is 42.9 Å². The van der Waals surface area contributed by atoms with Gasteiger partial charge in [0.2, 0.25) is 0 Å². The van der Waals surface area contributed by atoms with Gasteiger partial charge in [0.15, 0.2) is 0 Å². The van der Waals surface area contributed by atoms with Crippen LogP contribution in [0.5, 0.6) is 0 Å². The van der Waals surface area contributed by atoms with E-state index < -0.39 is 0 Å². The van der Waals surface area contributed by atoms with Crippen molar-refractivity contribution in [1.82, 2.24) is 9.21 Å². The lowest BCUT2D eigenvalue weighted by molar-refractivity contribution is 0.0820. The summed E-state index contributed by atoms with van der Waals surface area (Å²) in [5, 5.41) is 0. The zero-order chi connectivity index (χ0) is 15.5. The first-order valence-corrected chi connectivity index (χ1v) is 8.31. The molecule has 5 heteroatoms. The zero-order valence-electron chi connectivity index (χ0n) is 12.7. The van der Waals surface area contributed by atoms with Crippen molar-refractivity contribution in [1.29, 1.82) is 0 Å². The second-order valence-corrected chi connectivity index (χ2v) is 6.70. The number of nitrogens with zero attached hydrogens (tertiary/aromatic N) is 2. The van der Waals surface area contributed by atoms with Gasteiger partial charge in [0.1, 0.15) is 0 Å². The second kappa shape index (κ2) is 6.86. The summed E-state index contributed by atoms with van der Waals surface area (Å²) in [6, 6.07) is 7.85. The van der Waals surface area contributed by atoms with Crippen LogP contribution in [0.1, 0.15) is 35.2 Å². The molecule has 1 unspecified atom stereocenters. The Labute approximate surface area is 137 Å². The van der Waals surface area contributed by atoms with E-state index in [-0.39, 0.29) is 5.91 Å². The molecule has 1 aliphatic heterocycles. The highest BCUT2D eigenvalue weighted by Crippen LogP contribution is 2.35. The first kappa shape index (κ1) is 15.6. The molecule has 1 heterocycles. The van der Waals surface area contributed by atoms with Gasteiger partial charge in [0.05, 0.1) is 0 Å². The predicted molar refractivity (Wildman–Crippen MR) is 91.4 cm³/mol. The van der Waals surface area contributed by atoms with Crippen LogP contribution in [0.25, 0.3) is 0 Å². The van der Waals surface area contributed by atoms with Crippen molar-refractivity contribution in [2.24, 2.45) is 11.7 Å². The average Bonchev–Trinajstić information content (AvgIpc) is 2.81. The van der Waals surface area contributed by atoms with Crippen molar-refractivity contribution in [2.75, 3.05) is 19.6 Å². The molecule has 2 aliphatic rings. The summed E-state index contributed by atoms with van der Waals surface area (Å²) in [6.45, 7) is 2.94. The van der Waals surface area contributed by atoms with Gasteiger partial charge in [-0.1, -0.05) is 31.0 Å². The summed E-state index contributed by atoms with van der Waals surface area (Å²) in [4.78, 5) is 14.6. The minimum atomic E-state index is 0.131. The maximum atomic E-state index is 12.7. The molecule has 0 saturated carbocycles. The fourth-order valence-corrected chi connectivity index (χ4v) is 3.56. The maximum Gasteiger partial charge on any atom is 0.258 e. The van der Waals surface area contributed by atoms with Gasteiger partial charge in [-0.2, -0.15) is 0 Å². The molecule has 3 rings (SSSR count). The third-order valence-electron chi connectivity index (χ3n) is 4.44. The van der Waals surface area contributed by atoms with E-state index in [1.54, 1.807) is 0 Å². The van der Waals surface area contributed by atoms with Crippen molar-refractivity contribution in [3.8, 4) is 0 Å². The summed E-state index contributed by atoms with van der Waals surface area (Å²) >= 11 is 4.37. The van der Waals surface area contributed by atoms with Gasteiger partial charge in [-0.3, -0.25) is 4.79 Å². The van der Waals surface area contributed by atoms with Crippen LogP contribution in [0.15, 0.2) is 36.0 Å². The highest BCUT2D eigenvalue weighted by molar-refractivity contribution is 7.77. The third kappa shape index (κ3) is 3.37. The molecule has 1 aromatic rings. The van der Waals surface area contributed by atoms with E-state index in [9.17, 15) is 4.79 Å². The number of allylic oxidation sites excluding steroid dienone is 2. The Hall–Kier alpha value is -1.30. The van der Waals surface area contributed by atoms with Crippen molar-refractivity contribution in [2.45, 2.75) is 25.8 Å². The maximum absolute atomic E-state index is 12.7. The SMILES string of the molecule is NCCN(S)Cc1ccc(C(=O)N2CC3CCC=C2C3)cc1. The number of amides is 1. The molecule has 1 aromatic carbocycles. The number of carbonyl (C=O) groups excluding carboxylic acids is 1. The number of thiol groups is 1. The molecule has 1 fully saturated rings. The number of hydrogen-bond acceptors (Lipinski definition) is 4. The number of fused-ring (bicyclic) bond motifs is 2. The van der Waals surface area contributed by atoms with Crippen LogP contribution in [0.4, 0.5) is 0 Å². The van der Waals surface area contributed by atoms with Gasteiger partial charge in [0, 0.05) is 37.4 Å². The van der Waals surface area contributed by atoms with Crippen molar-refractivity contribution >= 4 is 18.7 Å². The highest BCUT2D eigenvalue weighted by Gasteiger charge is 2.33. The normalized spacial score (nSPS) is 20.4. The van der Waals surface area contributed by atoms with E-state index >= 15 is 0 Å². The van der Waals surface area contributed by atoms with Crippen LogP contribution in [0, 0.1) is 5.92 Å². The smallest absolute Gasteiger partial charge is 0.258 e. The summed E-state index contributed by atoms with van der Waals surface area (Å²) in [6.07, 6.45) is 5.62. The number of nitrogens with two attached hydrogens (primary N) is 1. The minimum absolute atomic E-state index is 0.131. The van der Waals surface area contributed by atoms with E-state index in [1.165, 1.54) is 12.1 Å². The molecule has 0 radical (unpaired) electrons. The lowest BCUT2D eigenvalue weighted by atomic mass is 9.97. The van der Waals surface area contributed by atoms with E-state index in [1.807, 2.05) is 33.5 Å². The van der Waals surface area contributed by atoms with E-state index in [0.29, 0.717) is 12.5 Å². The minimum Gasteiger partial charge on any atom is -0.329 e. The molecule has 1 saturated heterocycles. The van der Waals surface area contributed by atoms with Crippen LogP contribution in [0.3, 0.4) is 0 Å². The van der Waals surface area contributed by atoms with E-state index in [4.69, 9.17) is 5.73 Å². The first-order chi connectivity index (χ1) is 10.7. The molecular weight excluding hydrogens is 294 g/mol. The molecule has 1 amide bonds. The molecular formula is C17H23N3OS. The molecule has 2 N–H and O–H groups in total. The van der Waals surface area contributed by atoms with Crippen molar-refractivity contribution in [3.05, 3.63) is 47.2 Å². The standard InChI is InChI=1S/C17H23N3OS/c18-8-9-19(22)11-13-4-6-15(7-5-13)17(21)20-12-14-2-1-3-16(20)10-14/h3-7,14,22H,1-2,8-12,18H2. The lowest BCUT2D eigenvalue weighted by Crippen LogP contribution is -2.27. The van der Waals surface area contributed by atoms with Crippen molar-refractivity contribution in [3.63, 3.8) is 0 Å². The molecule has 4 nitrogen and oxygen atoms in total. The molecule has 1 aliphatic carbocycles. The fraction of sp³-hybridized carbons (Fsp3) is 0.471. The van der Waals surface area contributed by atoms with Gasteiger partial charge in [0.25, 0.3) is 5.91 Å². The second-order valence-electron chi connectivity index (χ2n) is 6.13. The van der Waals surface area contributed by atoms with Crippen LogP contribution in [-0.4, -0.2) is 34.7 Å². The van der Waals surface area contributed by atoms with Gasteiger partial charge in [-0.15, -0.1) is 0 Å².